The number of hydrogen-bond acceptors (Lipinski definition) is 3. The van der Waals surface area contributed by atoms with Gasteiger partial charge in [-0.25, -0.2) is 9.82 Å². The summed E-state index contributed by atoms with van der Waals surface area (Å²) in [6.45, 7) is 2.59. The molecule has 0 fully saturated rings. The van der Waals surface area contributed by atoms with Crippen molar-refractivity contribution in [2.75, 3.05) is 6.61 Å². The van der Waals surface area contributed by atoms with E-state index in [1.54, 1.807) is 6.07 Å². The Morgan fingerprint density at radius 2 is 2.31 bits per heavy atom. The van der Waals surface area contributed by atoms with Crippen LogP contribution in [-0.2, 0) is 4.74 Å². The lowest BCUT2D eigenvalue weighted by Gasteiger charge is -2.19. The van der Waals surface area contributed by atoms with E-state index in [2.05, 4.69) is 5.43 Å². The van der Waals surface area contributed by atoms with Crippen LogP contribution in [0.5, 0.6) is 0 Å². The van der Waals surface area contributed by atoms with Crippen LogP contribution in [0.15, 0.2) is 30.0 Å². The third kappa shape index (κ3) is 2.08. The Hall–Kier alpha value is -1.39. The summed E-state index contributed by atoms with van der Waals surface area (Å²) in [7, 11) is 0. The molecule has 0 saturated heterocycles. The first-order valence-corrected chi connectivity index (χ1v) is 5.27. The highest BCUT2D eigenvalue weighted by Gasteiger charge is 2.21. The van der Waals surface area contributed by atoms with Gasteiger partial charge in [0.1, 0.15) is 17.6 Å². The molecule has 0 amide bonds. The first kappa shape index (κ1) is 11.1. The molecule has 0 spiro atoms. The van der Waals surface area contributed by atoms with Crippen molar-refractivity contribution in [1.29, 1.82) is 0 Å². The molecule has 1 aliphatic rings. The normalized spacial score (nSPS) is 16.8. The predicted molar refractivity (Wildman–Crippen MR) is 59.9 cm³/mol. The average molecular weight is 222 g/mol. The van der Waals surface area contributed by atoms with Crippen LogP contribution in [-0.4, -0.2) is 6.61 Å². The topological polar surface area (TPSA) is 47.3 Å². The number of hydrogen-bond donors (Lipinski definition) is 2. The van der Waals surface area contributed by atoms with E-state index < -0.39 is 0 Å². The minimum Gasteiger partial charge on any atom is -0.496 e. The molecule has 1 heterocycles. The molecule has 0 radical (unpaired) electrons. The molecule has 3 nitrogen and oxygen atoms in total. The van der Waals surface area contributed by atoms with Gasteiger partial charge in [0, 0.05) is 6.42 Å². The number of halogens is 1. The van der Waals surface area contributed by atoms with Crippen LogP contribution in [0.3, 0.4) is 0 Å². The van der Waals surface area contributed by atoms with Crippen LogP contribution in [0.2, 0.25) is 0 Å². The summed E-state index contributed by atoms with van der Waals surface area (Å²) >= 11 is 0. The smallest absolute Gasteiger partial charge is 0.123 e. The standard InChI is InChI=1S/C12H15FN2O/c1-8-4-5-9(13)7-10(8)12(15-14)11-3-2-6-16-11/h3-5,7,12,15H,2,6,14H2,1H3. The lowest BCUT2D eigenvalue weighted by molar-refractivity contribution is 0.215. The highest BCUT2D eigenvalue weighted by Crippen LogP contribution is 2.28. The van der Waals surface area contributed by atoms with Crippen LogP contribution in [0.4, 0.5) is 4.39 Å². The van der Waals surface area contributed by atoms with Gasteiger partial charge in [-0.2, -0.15) is 0 Å². The zero-order chi connectivity index (χ0) is 11.5. The van der Waals surface area contributed by atoms with E-state index in [9.17, 15) is 4.39 Å². The molecule has 1 aromatic rings. The molecule has 86 valence electrons. The second kappa shape index (κ2) is 4.63. The minimum absolute atomic E-state index is 0.264. The SMILES string of the molecule is Cc1ccc(F)cc1C(NN)C1=CCCO1. The van der Waals surface area contributed by atoms with E-state index in [1.165, 1.54) is 12.1 Å². The Labute approximate surface area is 94.1 Å². The molecule has 1 atom stereocenters. The highest BCUT2D eigenvalue weighted by molar-refractivity contribution is 5.34. The van der Waals surface area contributed by atoms with Crippen LogP contribution >= 0.6 is 0 Å². The summed E-state index contributed by atoms with van der Waals surface area (Å²) in [5.74, 6) is 6.02. The van der Waals surface area contributed by atoms with Crippen molar-refractivity contribution in [3.05, 3.63) is 47.0 Å². The lowest BCUT2D eigenvalue weighted by atomic mass is 10.00. The van der Waals surface area contributed by atoms with Crippen molar-refractivity contribution < 1.29 is 9.13 Å². The Morgan fingerprint density at radius 1 is 1.50 bits per heavy atom. The molecule has 16 heavy (non-hydrogen) atoms. The fourth-order valence-corrected chi connectivity index (χ4v) is 1.89. The zero-order valence-corrected chi connectivity index (χ0v) is 9.16. The summed E-state index contributed by atoms with van der Waals surface area (Å²) < 4.78 is 18.7. The third-order valence-electron chi connectivity index (χ3n) is 2.74. The Balaban J connectivity index is 2.35. The molecule has 3 N–H and O–H groups in total. The van der Waals surface area contributed by atoms with Crippen molar-refractivity contribution in [3.63, 3.8) is 0 Å². The summed E-state index contributed by atoms with van der Waals surface area (Å²) in [5, 5.41) is 0. The van der Waals surface area contributed by atoms with E-state index in [0.29, 0.717) is 6.61 Å². The van der Waals surface area contributed by atoms with Gasteiger partial charge in [0.05, 0.1) is 6.61 Å². The Bertz CT molecular complexity index is 417. The number of nitrogens with one attached hydrogen (secondary N) is 1. The average Bonchev–Trinajstić information content (AvgIpc) is 2.78. The first-order chi connectivity index (χ1) is 7.72. The number of hydrazine groups is 1. The number of nitrogens with two attached hydrogens (primary N) is 1. The van der Waals surface area contributed by atoms with Gasteiger partial charge in [-0.1, -0.05) is 6.07 Å². The summed E-state index contributed by atoms with van der Waals surface area (Å²) in [6, 6.07) is 4.40. The van der Waals surface area contributed by atoms with Crippen LogP contribution in [0.25, 0.3) is 0 Å². The fourth-order valence-electron chi connectivity index (χ4n) is 1.89. The second-order valence-corrected chi connectivity index (χ2v) is 3.84. The molecule has 0 aliphatic carbocycles. The molecule has 0 bridgehead atoms. The highest BCUT2D eigenvalue weighted by atomic mass is 19.1. The van der Waals surface area contributed by atoms with Crippen molar-refractivity contribution in [2.24, 2.45) is 5.84 Å². The Kier molecular flexibility index (Phi) is 3.22. The van der Waals surface area contributed by atoms with E-state index in [-0.39, 0.29) is 11.9 Å². The van der Waals surface area contributed by atoms with Gasteiger partial charge in [0.25, 0.3) is 0 Å². The molecule has 2 rings (SSSR count). The predicted octanol–water partition coefficient (Wildman–Crippen LogP) is 1.94. The van der Waals surface area contributed by atoms with Gasteiger partial charge < -0.3 is 4.74 Å². The number of aryl methyl sites for hydroxylation is 1. The van der Waals surface area contributed by atoms with Crippen LogP contribution < -0.4 is 11.3 Å². The third-order valence-corrected chi connectivity index (χ3v) is 2.74. The second-order valence-electron chi connectivity index (χ2n) is 3.84. The van der Waals surface area contributed by atoms with Gasteiger partial charge in [0.2, 0.25) is 0 Å². The molecule has 4 heteroatoms. The van der Waals surface area contributed by atoms with E-state index >= 15 is 0 Å². The van der Waals surface area contributed by atoms with Crippen molar-refractivity contribution >= 4 is 0 Å². The molecule has 1 aliphatic heterocycles. The van der Waals surface area contributed by atoms with Crippen LogP contribution in [0.1, 0.15) is 23.6 Å². The van der Waals surface area contributed by atoms with Crippen molar-refractivity contribution in [3.8, 4) is 0 Å². The van der Waals surface area contributed by atoms with Crippen molar-refractivity contribution in [2.45, 2.75) is 19.4 Å². The minimum atomic E-state index is -0.266. The summed E-state index contributed by atoms with van der Waals surface area (Å²) in [4.78, 5) is 0. The van der Waals surface area contributed by atoms with Gasteiger partial charge in [-0.05, 0) is 36.3 Å². The molecule has 1 aromatic carbocycles. The van der Waals surface area contributed by atoms with E-state index in [0.717, 1.165) is 23.3 Å². The number of rotatable bonds is 3. The zero-order valence-electron chi connectivity index (χ0n) is 9.16. The van der Waals surface area contributed by atoms with E-state index in [4.69, 9.17) is 10.6 Å². The summed E-state index contributed by atoms with van der Waals surface area (Å²) in [5.41, 5.74) is 4.47. The maximum atomic E-state index is 13.2. The molecule has 1 unspecified atom stereocenters. The quantitative estimate of drug-likeness (QED) is 0.607. The monoisotopic (exact) mass is 222 g/mol. The van der Waals surface area contributed by atoms with Crippen molar-refractivity contribution in [1.82, 2.24) is 5.43 Å². The van der Waals surface area contributed by atoms with E-state index in [1.807, 2.05) is 13.0 Å². The maximum absolute atomic E-state index is 13.2. The fraction of sp³-hybridized carbons (Fsp3) is 0.333. The Morgan fingerprint density at radius 3 is 2.94 bits per heavy atom. The number of ether oxygens (including phenoxy) is 1. The van der Waals surface area contributed by atoms with Gasteiger partial charge >= 0.3 is 0 Å². The van der Waals surface area contributed by atoms with Crippen LogP contribution in [0, 0.1) is 12.7 Å². The molecular weight excluding hydrogens is 207 g/mol. The first-order valence-electron chi connectivity index (χ1n) is 5.27. The maximum Gasteiger partial charge on any atom is 0.123 e. The molecular formula is C12H15FN2O. The summed E-state index contributed by atoms with van der Waals surface area (Å²) in [6.07, 6.45) is 2.86. The molecule has 0 aromatic heterocycles. The lowest BCUT2D eigenvalue weighted by Crippen LogP contribution is -2.30. The number of benzene rings is 1. The largest absolute Gasteiger partial charge is 0.496 e. The van der Waals surface area contributed by atoms with Gasteiger partial charge in [0.15, 0.2) is 0 Å². The van der Waals surface area contributed by atoms with Gasteiger partial charge in [-0.3, -0.25) is 5.84 Å². The van der Waals surface area contributed by atoms with Gasteiger partial charge in [-0.15, -0.1) is 0 Å². The molecule has 0 saturated carbocycles.